The first-order chi connectivity index (χ1) is 13.5. The number of amides is 1. The molecule has 2 aliphatic rings. The molecular formula is C17H20BrN7O3. The lowest BCUT2D eigenvalue weighted by molar-refractivity contribution is -0.528. The minimum absolute atomic E-state index is 0.0639. The number of hydrogen-bond acceptors (Lipinski definition) is 7. The number of hydrogen-bond donors (Lipinski definition) is 3. The Hall–Kier alpha value is -2.37. The number of nitro groups is 1. The van der Waals surface area contributed by atoms with Crippen molar-refractivity contribution >= 4 is 27.8 Å². The number of benzene rings is 1. The summed E-state index contributed by atoms with van der Waals surface area (Å²) in [6.07, 6.45) is 3.13. The van der Waals surface area contributed by atoms with Crippen molar-refractivity contribution in [3.8, 4) is 0 Å². The Balaban J connectivity index is 1.38. The van der Waals surface area contributed by atoms with Gasteiger partial charge in [0, 0.05) is 34.2 Å². The molecule has 1 aliphatic heterocycles. The highest BCUT2D eigenvalue weighted by Gasteiger charge is 2.46. The molecule has 0 radical (unpaired) electrons. The summed E-state index contributed by atoms with van der Waals surface area (Å²) in [4.78, 5) is 27.7. The third-order valence-corrected chi connectivity index (χ3v) is 5.80. The molecule has 1 aromatic carbocycles. The number of rotatable bonds is 5. The van der Waals surface area contributed by atoms with Gasteiger partial charge in [0.25, 0.3) is 0 Å². The minimum Gasteiger partial charge on any atom is -0.292 e. The molecule has 0 bridgehead atoms. The molecule has 0 spiro atoms. The highest BCUT2D eigenvalue weighted by Crippen LogP contribution is 2.32. The Labute approximate surface area is 169 Å². The van der Waals surface area contributed by atoms with Gasteiger partial charge in [-0.2, -0.15) is 0 Å². The molecule has 1 aromatic heterocycles. The summed E-state index contributed by atoms with van der Waals surface area (Å²) in [7, 11) is 0. The molecule has 4 rings (SSSR count). The number of hydrazine groups is 1. The summed E-state index contributed by atoms with van der Waals surface area (Å²) < 4.78 is 2.62. The number of carbonyl (C=O) groups excluding carboxylic acids is 1. The van der Waals surface area contributed by atoms with Crippen LogP contribution in [0.3, 0.4) is 0 Å². The van der Waals surface area contributed by atoms with Crippen LogP contribution in [0.1, 0.15) is 24.8 Å². The molecular weight excluding hydrogens is 430 g/mol. The van der Waals surface area contributed by atoms with Gasteiger partial charge in [-0.05, 0) is 24.1 Å². The molecule has 1 aliphatic carbocycles. The van der Waals surface area contributed by atoms with E-state index < -0.39 is 12.1 Å². The maximum absolute atomic E-state index is 12.7. The van der Waals surface area contributed by atoms with E-state index in [9.17, 15) is 14.9 Å². The van der Waals surface area contributed by atoms with Crippen LogP contribution < -0.4 is 16.2 Å². The van der Waals surface area contributed by atoms with E-state index in [2.05, 4.69) is 42.2 Å². The fourth-order valence-electron chi connectivity index (χ4n) is 3.92. The number of carbonyl (C=O) groups is 1. The molecule has 2 aromatic rings. The number of halogens is 1. The van der Waals surface area contributed by atoms with Gasteiger partial charge in [-0.25, -0.2) is 15.1 Å². The Kier molecular flexibility index (Phi) is 5.38. The summed E-state index contributed by atoms with van der Waals surface area (Å²) >= 11 is 3.43. The summed E-state index contributed by atoms with van der Waals surface area (Å²) in [5.41, 5.74) is 7.12. The summed E-state index contributed by atoms with van der Waals surface area (Å²) in [5.74, 6) is -0.205. The van der Waals surface area contributed by atoms with Crippen LogP contribution in [0.2, 0.25) is 0 Å². The van der Waals surface area contributed by atoms with E-state index in [4.69, 9.17) is 0 Å². The first-order valence-electron chi connectivity index (χ1n) is 9.09. The van der Waals surface area contributed by atoms with E-state index in [1.54, 1.807) is 11.0 Å². The predicted molar refractivity (Wildman–Crippen MR) is 104 cm³/mol. The van der Waals surface area contributed by atoms with Crippen molar-refractivity contribution in [1.82, 2.24) is 25.6 Å². The molecule has 11 heteroatoms. The van der Waals surface area contributed by atoms with E-state index in [0.29, 0.717) is 25.8 Å². The van der Waals surface area contributed by atoms with Gasteiger partial charge in [-0.1, -0.05) is 28.1 Å². The standard InChI is InChI=1S/C17H20BrN7O3/c18-11-3-1-2-10(6-11)8-24-9-19-17(23-24)20-16(26)15-13-7-12(25(27)28)4-5-14(13)21-22-15/h1-3,6,9,12-15,21-22H,4-5,7-8H2,(H,20,23,26). The third-order valence-electron chi connectivity index (χ3n) is 5.31. The molecule has 2 heterocycles. The lowest BCUT2D eigenvalue weighted by atomic mass is 9.79. The number of anilines is 1. The van der Waals surface area contributed by atoms with Crippen LogP contribution in [-0.2, 0) is 11.3 Å². The van der Waals surface area contributed by atoms with Crippen LogP contribution in [0.4, 0.5) is 5.95 Å². The minimum atomic E-state index is -0.597. The largest absolute Gasteiger partial charge is 0.292 e. The second-order valence-corrected chi connectivity index (χ2v) is 8.09. The zero-order valence-corrected chi connectivity index (χ0v) is 16.5. The van der Waals surface area contributed by atoms with Gasteiger partial charge in [0.1, 0.15) is 12.4 Å². The Morgan fingerprint density at radius 3 is 3.04 bits per heavy atom. The molecule has 148 valence electrons. The van der Waals surface area contributed by atoms with E-state index >= 15 is 0 Å². The van der Waals surface area contributed by atoms with Crippen LogP contribution in [-0.4, -0.2) is 43.7 Å². The number of fused-ring (bicyclic) bond motifs is 1. The normalized spacial score (nSPS) is 26.6. The van der Waals surface area contributed by atoms with E-state index in [1.807, 2.05) is 24.3 Å². The maximum Gasteiger partial charge on any atom is 0.248 e. The van der Waals surface area contributed by atoms with Crippen molar-refractivity contribution in [1.29, 1.82) is 0 Å². The molecule has 2 fully saturated rings. The van der Waals surface area contributed by atoms with E-state index in [0.717, 1.165) is 10.0 Å². The quantitative estimate of drug-likeness (QED) is 0.463. The lowest BCUT2D eigenvalue weighted by Crippen LogP contribution is -2.44. The zero-order valence-electron chi connectivity index (χ0n) is 14.9. The van der Waals surface area contributed by atoms with Crippen molar-refractivity contribution in [2.24, 2.45) is 5.92 Å². The first kappa shape index (κ1) is 19.0. The van der Waals surface area contributed by atoms with Crippen LogP contribution in [0.5, 0.6) is 0 Å². The third kappa shape index (κ3) is 4.05. The molecule has 1 saturated carbocycles. The van der Waals surface area contributed by atoms with E-state index in [1.165, 1.54) is 0 Å². The van der Waals surface area contributed by atoms with Gasteiger partial charge in [-0.3, -0.25) is 25.7 Å². The summed E-state index contributed by atoms with van der Waals surface area (Å²) in [6.45, 7) is 0.529. The summed E-state index contributed by atoms with van der Waals surface area (Å²) in [5, 5.41) is 18.1. The van der Waals surface area contributed by atoms with Crippen molar-refractivity contribution in [3.05, 3.63) is 50.7 Å². The number of nitrogens with zero attached hydrogens (tertiary/aromatic N) is 4. The predicted octanol–water partition coefficient (Wildman–Crippen LogP) is 1.32. The Morgan fingerprint density at radius 2 is 2.25 bits per heavy atom. The van der Waals surface area contributed by atoms with Gasteiger partial charge in [0.05, 0.1) is 6.54 Å². The van der Waals surface area contributed by atoms with Crippen LogP contribution in [0.25, 0.3) is 0 Å². The average molecular weight is 450 g/mol. The van der Waals surface area contributed by atoms with E-state index in [-0.39, 0.29) is 28.7 Å². The zero-order chi connectivity index (χ0) is 19.7. The van der Waals surface area contributed by atoms with Crippen molar-refractivity contribution in [2.75, 3.05) is 5.32 Å². The maximum atomic E-state index is 12.7. The highest BCUT2D eigenvalue weighted by molar-refractivity contribution is 9.10. The van der Waals surface area contributed by atoms with Crippen molar-refractivity contribution in [2.45, 2.75) is 43.9 Å². The van der Waals surface area contributed by atoms with Crippen LogP contribution in [0.15, 0.2) is 35.1 Å². The monoisotopic (exact) mass is 449 g/mol. The second kappa shape index (κ2) is 7.94. The highest BCUT2D eigenvalue weighted by atomic mass is 79.9. The van der Waals surface area contributed by atoms with Crippen LogP contribution in [0, 0.1) is 16.0 Å². The smallest absolute Gasteiger partial charge is 0.248 e. The molecule has 10 nitrogen and oxygen atoms in total. The fraction of sp³-hybridized carbons (Fsp3) is 0.471. The Bertz CT molecular complexity index is 889. The van der Waals surface area contributed by atoms with Gasteiger partial charge in [0.15, 0.2) is 0 Å². The molecule has 1 saturated heterocycles. The Morgan fingerprint density at radius 1 is 1.39 bits per heavy atom. The molecule has 1 amide bonds. The molecule has 28 heavy (non-hydrogen) atoms. The molecule has 4 atom stereocenters. The van der Waals surface area contributed by atoms with Crippen molar-refractivity contribution < 1.29 is 9.72 Å². The number of nitrogens with one attached hydrogen (secondary N) is 3. The van der Waals surface area contributed by atoms with Crippen LogP contribution >= 0.6 is 15.9 Å². The summed E-state index contributed by atoms with van der Waals surface area (Å²) in [6, 6.07) is 6.77. The number of aromatic nitrogens is 3. The lowest BCUT2D eigenvalue weighted by Gasteiger charge is -2.28. The fourth-order valence-corrected chi connectivity index (χ4v) is 4.37. The van der Waals surface area contributed by atoms with Gasteiger partial charge < -0.3 is 0 Å². The van der Waals surface area contributed by atoms with Gasteiger partial charge in [-0.15, -0.1) is 5.10 Å². The SMILES string of the molecule is O=C(Nc1ncn(Cc2cccc(Br)c2)n1)C1NNC2CCC([N+](=O)[O-])CC21. The van der Waals surface area contributed by atoms with Crippen molar-refractivity contribution in [3.63, 3.8) is 0 Å². The molecule has 4 unspecified atom stereocenters. The second-order valence-electron chi connectivity index (χ2n) is 7.17. The van der Waals surface area contributed by atoms with Gasteiger partial charge >= 0.3 is 0 Å². The molecule has 3 N–H and O–H groups in total. The topological polar surface area (TPSA) is 127 Å². The average Bonchev–Trinajstić information content (AvgIpc) is 3.27. The van der Waals surface area contributed by atoms with Gasteiger partial charge in [0.2, 0.25) is 17.9 Å². The first-order valence-corrected chi connectivity index (χ1v) is 9.88.